The quantitative estimate of drug-likeness (QED) is 0.196. The van der Waals surface area contributed by atoms with Gasteiger partial charge in [-0.2, -0.15) is 0 Å². The number of para-hydroxylation sites is 1. The lowest BCUT2D eigenvalue weighted by Gasteiger charge is -2.18. The Morgan fingerprint density at radius 3 is 1.93 bits per heavy atom. The van der Waals surface area contributed by atoms with Gasteiger partial charge in [-0.1, -0.05) is 133 Å². The van der Waals surface area contributed by atoms with Crippen LogP contribution < -0.4 is 0 Å². The monoisotopic (exact) mass is 561 g/mol. The van der Waals surface area contributed by atoms with Gasteiger partial charge < -0.3 is 4.42 Å². The highest BCUT2D eigenvalue weighted by Crippen LogP contribution is 2.47. The second-order valence-electron chi connectivity index (χ2n) is 11.6. The molecule has 0 aliphatic carbocycles. The second kappa shape index (κ2) is 9.69. The van der Waals surface area contributed by atoms with Crippen LogP contribution >= 0.6 is 0 Å². The van der Waals surface area contributed by atoms with Crippen molar-refractivity contribution in [2.45, 2.75) is 6.92 Å². The maximum Gasteiger partial charge on any atom is 0.138 e. The molecule has 0 saturated carbocycles. The predicted molar refractivity (Wildman–Crippen MR) is 187 cm³/mol. The van der Waals surface area contributed by atoms with E-state index in [4.69, 9.17) is 5.79 Å². The Bertz CT molecular complexity index is 2570. The van der Waals surface area contributed by atoms with Crippen molar-refractivity contribution in [2.75, 3.05) is 0 Å². The summed E-state index contributed by atoms with van der Waals surface area (Å²) in [5.74, 6) is 0. The summed E-state index contributed by atoms with van der Waals surface area (Å²) >= 11 is 0. The number of benzene rings is 8. The number of hydrogen-bond donors (Lipinski definition) is 0. The van der Waals surface area contributed by atoms with Crippen molar-refractivity contribution < 1.29 is 5.79 Å². The molecule has 0 saturated heterocycles. The van der Waals surface area contributed by atoms with Crippen molar-refractivity contribution in [3.8, 4) is 33.4 Å². The van der Waals surface area contributed by atoms with Crippen molar-refractivity contribution in [3.05, 3.63) is 157 Å². The number of furan rings is 1. The Balaban J connectivity index is 1.33. The van der Waals surface area contributed by atoms with Crippen LogP contribution in [-0.2, 0) is 0 Å². The van der Waals surface area contributed by atoms with Gasteiger partial charge in [-0.05, 0) is 96.4 Å². The van der Waals surface area contributed by atoms with Crippen LogP contribution in [0.1, 0.15) is 6.93 Å². The van der Waals surface area contributed by atoms with Crippen LogP contribution in [0.15, 0.2) is 156 Å². The minimum atomic E-state index is 0.534. The zero-order valence-electron chi connectivity index (χ0n) is 25.3. The third-order valence-electron chi connectivity index (χ3n) is 9.09. The van der Waals surface area contributed by atoms with Gasteiger partial charge in [0, 0.05) is 10.8 Å². The normalized spacial score (nSPS) is 12.1. The van der Waals surface area contributed by atoms with Crippen molar-refractivity contribution in [1.29, 1.82) is 0 Å². The van der Waals surface area contributed by atoms with Crippen molar-refractivity contribution >= 4 is 54.3 Å². The largest absolute Gasteiger partial charge is 0.456 e. The Morgan fingerprint density at radius 2 is 1.14 bits per heavy atom. The van der Waals surface area contributed by atoms with E-state index in [2.05, 4.69) is 134 Å². The molecule has 0 amide bonds. The summed E-state index contributed by atoms with van der Waals surface area (Å²) in [4.78, 5) is 0. The van der Waals surface area contributed by atoms with Crippen LogP contribution in [0.2, 0.25) is 0 Å². The lowest BCUT2D eigenvalue weighted by atomic mass is 9.84. The first-order chi connectivity index (χ1) is 22.1. The van der Waals surface area contributed by atoms with Gasteiger partial charge in [-0.3, -0.25) is 0 Å². The van der Waals surface area contributed by atoms with Crippen LogP contribution in [0, 0.1) is 6.92 Å². The second-order valence-corrected chi connectivity index (χ2v) is 11.6. The van der Waals surface area contributed by atoms with Gasteiger partial charge in [0.05, 0.1) is 1.37 Å². The highest BCUT2D eigenvalue weighted by molar-refractivity contribution is 6.25. The molecule has 1 nitrogen and oxygen atoms in total. The average Bonchev–Trinajstić information content (AvgIpc) is 3.47. The van der Waals surface area contributed by atoms with E-state index in [1.54, 1.807) is 0 Å². The lowest BCUT2D eigenvalue weighted by Crippen LogP contribution is -1.91. The van der Waals surface area contributed by atoms with E-state index < -0.39 is 0 Å². The van der Waals surface area contributed by atoms with E-state index >= 15 is 0 Å². The van der Waals surface area contributed by atoms with Crippen LogP contribution in [0.3, 0.4) is 0 Å². The topological polar surface area (TPSA) is 13.1 Å². The molecule has 0 fully saturated rings. The Kier molecular flexibility index (Phi) is 5.25. The molecule has 0 spiro atoms. The fourth-order valence-corrected chi connectivity index (χ4v) is 7.09. The van der Waals surface area contributed by atoms with Crippen molar-refractivity contribution in [3.63, 3.8) is 0 Å². The molecule has 0 aliphatic heterocycles. The molecule has 1 aromatic heterocycles. The number of fused-ring (bicyclic) bond motifs is 6. The fourth-order valence-electron chi connectivity index (χ4n) is 7.09. The van der Waals surface area contributed by atoms with Crippen molar-refractivity contribution in [2.24, 2.45) is 0 Å². The molecule has 206 valence electrons. The third-order valence-corrected chi connectivity index (χ3v) is 9.09. The molecule has 9 aromatic rings. The van der Waals surface area contributed by atoms with Crippen LogP contribution in [0.25, 0.3) is 87.6 Å². The summed E-state index contributed by atoms with van der Waals surface area (Å²) < 4.78 is 14.4. The van der Waals surface area contributed by atoms with Gasteiger partial charge in [0.1, 0.15) is 11.2 Å². The molecule has 44 heavy (non-hydrogen) atoms. The molecule has 1 heteroatoms. The van der Waals surface area contributed by atoms with Gasteiger partial charge in [-0.25, -0.2) is 0 Å². The molecule has 1 heterocycles. The van der Waals surface area contributed by atoms with Gasteiger partial charge in [-0.15, -0.1) is 0 Å². The molecule has 0 atom stereocenters. The molecule has 0 radical (unpaired) electrons. The smallest absolute Gasteiger partial charge is 0.138 e. The van der Waals surface area contributed by atoms with E-state index in [0.29, 0.717) is 6.04 Å². The highest BCUT2D eigenvalue weighted by Gasteiger charge is 2.20. The lowest BCUT2D eigenvalue weighted by molar-refractivity contribution is 0.666. The summed E-state index contributed by atoms with van der Waals surface area (Å²) in [6.07, 6.45) is 0. The molecular weight excluding hydrogens is 532 g/mol. The maximum absolute atomic E-state index is 7.99. The number of rotatable bonds is 3. The summed E-state index contributed by atoms with van der Waals surface area (Å²) in [6, 6.07) is 52.3. The van der Waals surface area contributed by atoms with Crippen molar-refractivity contribution in [1.82, 2.24) is 0 Å². The maximum atomic E-state index is 7.99. The van der Waals surface area contributed by atoms with E-state index in [1.807, 2.05) is 18.2 Å². The third kappa shape index (κ3) is 3.73. The molecular formula is C43H28O. The van der Waals surface area contributed by atoms with Gasteiger partial charge in [0.15, 0.2) is 0 Å². The van der Waals surface area contributed by atoms with E-state index in [1.165, 1.54) is 54.9 Å². The molecule has 9 rings (SSSR count). The first-order valence-electron chi connectivity index (χ1n) is 15.6. The van der Waals surface area contributed by atoms with Gasteiger partial charge in [0.2, 0.25) is 0 Å². The molecule has 0 aliphatic rings. The molecule has 0 bridgehead atoms. The zero-order valence-corrected chi connectivity index (χ0v) is 24.3. The summed E-state index contributed by atoms with van der Waals surface area (Å²) in [7, 11) is 0. The minimum Gasteiger partial charge on any atom is -0.456 e. The molecule has 0 unspecified atom stereocenters. The van der Waals surface area contributed by atoms with Crippen LogP contribution in [-0.4, -0.2) is 0 Å². The summed E-state index contributed by atoms with van der Waals surface area (Å²) in [6.45, 7) is 2.11. The van der Waals surface area contributed by atoms with E-state index in [0.717, 1.165) is 38.3 Å². The Hall–Kier alpha value is -5.66. The highest BCUT2D eigenvalue weighted by atomic mass is 16.3. The standard InChI is InChI=1S/C43H28O/c1-27-11-8-21-38-42-37(20-10-22-39(42)44-43(27)38)41-35-18-6-4-16-33(35)40(34-17-5-7-19-36(34)41)32-15-9-14-30(26-32)31-24-23-28-12-2-3-13-29(28)25-31/h2-26H,1H3/i2D. The SMILES string of the molecule is [2H]c1ccc2cc(-c3cccc(-c4c5ccccc5c(-c5cccc6oc7c(C)cccc7c56)c5ccccc45)c3)ccc2c1. The Morgan fingerprint density at radius 1 is 0.477 bits per heavy atom. The summed E-state index contributed by atoms with van der Waals surface area (Å²) in [5, 5.41) is 9.45. The number of aryl methyl sites for hydroxylation is 1. The molecule has 8 aromatic carbocycles. The van der Waals surface area contributed by atoms with E-state index in [-0.39, 0.29) is 0 Å². The zero-order chi connectivity index (χ0) is 30.1. The minimum absolute atomic E-state index is 0.534. The van der Waals surface area contributed by atoms with Gasteiger partial charge in [0.25, 0.3) is 0 Å². The summed E-state index contributed by atoms with van der Waals surface area (Å²) in [5.41, 5.74) is 10.2. The van der Waals surface area contributed by atoms with Crippen LogP contribution in [0.5, 0.6) is 0 Å². The first kappa shape index (κ1) is 23.9. The predicted octanol–water partition coefficient (Wildman–Crippen LogP) is 12.4. The number of hydrogen-bond acceptors (Lipinski definition) is 1. The fraction of sp³-hybridized carbons (Fsp3) is 0.0233. The Labute approximate surface area is 257 Å². The average molecular weight is 562 g/mol. The van der Waals surface area contributed by atoms with E-state index in [9.17, 15) is 0 Å². The van der Waals surface area contributed by atoms with Crippen LogP contribution in [0.4, 0.5) is 0 Å². The van der Waals surface area contributed by atoms with Gasteiger partial charge >= 0.3 is 0 Å². The molecule has 0 N–H and O–H groups in total. The first-order valence-corrected chi connectivity index (χ1v) is 15.1.